The van der Waals surface area contributed by atoms with E-state index < -0.39 is 24.2 Å². The fourth-order valence-corrected chi connectivity index (χ4v) is 9.56. The van der Waals surface area contributed by atoms with Crippen LogP contribution in [0.25, 0.3) is 0 Å². The minimum atomic E-state index is -0.565. The summed E-state index contributed by atoms with van der Waals surface area (Å²) in [4.78, 5) is 65.8. The average molecular weight is 894 g/mol. The summed E-state index contributed by atoms with van der Waals surface area (Å²) in [6.07, 6.45) is 2.71. The highest BCUT2D eigenvalue weighted by molar-refractivity contribution is 5.99. The second-order valence-corrected chi connectivity index (χ2v) is 17.2. The van der Waals surface area contributed by atoms with Gasteiger partial charge in [-0.15, -0.1) is 0 Å². The Morgan fingerprint density at radius 2 is 0.924 bits per heavy atom. The van der Waals surface area contributed by atoms with E-state index >= 15 is 0 Å². The molecule has 0 radical (unpaired) electrons. The molecule has 5 aromatic carbocycles. The molecule has 5 aromatic rings. The zero-order valence-electron chi connectivity index (χ0n) is 38.7. The third-order valence-corrected chi connectivity index (χ3v) is 13.1. The number of likely N-dealkylation sites (N-methyl/N-ethyl adjacent to an activating group) is 2. The van der Waals surface area contributed by atoms with Crippen molar-refractivity contribution in [2.24, 2.45) is 0 Å². The molecular weight excluding hydrogens is 830 g/mol. The van der Waals surface area contributed by atoms with Crippen LogP contribution in [0.5, 0.6) is 0 Å². The molecule has 2 fully saturated rings. The first-order chi connectivity index (χ1) is 32.1. The zero-order chi connectivity index (χ0) is 46.6. The Kier molecular flexibility index (Phi) is 16.4. The van der Waals surface area contributed by atoms with Crippen LogP contribution in [0.3, 0.4) is 0 Å². The molecule has 0 bridgehead atoms. The number of rotatable bonds is 19. The summed E-state index contributed by atoms with van der Waals surface area (Å²) >= 11 is 0. The standard InChI is InChI=1S/C54H64FN7O4/c1-5-58(6-2)49(41-17-11-9-12-18-41)53(65)61-35-15-21-47(61)51(63)56-44-29-23-39(24-30-44)37-60(46-33-27-43(55)28-34-46)38-40-25-31-45(32-26-40)57-52(64)48-22-16-36-62(48)54(66)50(59(7-3)8-4)42-19-13-10-14-20-42/h9-14,17-20,23-34,47-50H,5-8,15-16,21-22,35-38H2,1-4H3,(H,56,63)(H,57,64)/t47-,48?,49+,50+/m0/s1. The van der Waals surface area contributed by atoms with Gasteiger partial charge in [-0.1, -0.05) is 113 Å². The van der Waals surface area contributed by atoms with Gasteiger partial charge in [0.15, 0.2) is 0 Å². The molecule has 2 aliphatic heterocycles. The van der Waals surface area contributed by atoms with E-state index in [-0.39, 0.29) is 29.4 Å². The summed E-state index contributed by atoms with van der Waals surface area (Å²) in [5.74, 6) is -0.824. The minimum absolute atomic E-state index is 0.0504. The molecule has 12 heteroatoms. The highest BCUT2D eigenvalue weighted by Gasteiger charge is 2.41. The van der Waals surface area contributed by atoms with Gasteiger partial charge in [0.05, 0.1) is 0 Å². The molecule has 2 aliphatic rings. The van der Waals surface area contributed by atoms with Crippen LogP contribution in [0.2, 0.25) is 0 Å². The normalized spacial score (nSPS) is 16.9. The number of halogens is 1. The molecule has 0 saturated carbocycles. The summed E-state index contributed by atoms with van der Waals surface area (Å²) in [7, 11) is 0. The lowest BCUT2D eigenvalue weighted by Gasteiger charge is -2.34. The van der Waals surface area contributed by atoms with Crippen LogP contribution in [0.15, 0.2) is 133 Å². The monoisotopic (exact) mass is 894 g/mol. The molecule has 0 spiro atoms. The zero-order valence-corrected chi connectivity index (χ0v) is 38.7. The number of hydrogen-bond acceptors (Lipinski definition) is 7. The molecule has 2 saturated heterocycles. The molecule has 1 unspecified atom stereocenters. The Morgan fingerprint density at radius 1 is 0.545 bits per heavy atom. The molecule has 346 valence electrons. The van der Waals surface area contributed by atoms with Crippen molar-refractivity contribution in [3.05, 3.63) is 162 Å². The van der Waals surface area contributed by atoms with Gasteiger partial charge < -0.3 is 25.3 Å². The Morgan fingerprint density at radius 3 is 1.29 bits per heavy atom. The molecule has 7 rings (SSSR count). The van der Waals surface area contributed by atoms with Crippen LogP contribution in [0.1, 0.15) is 87.7 Å². The van der Waals surface area contributed by atoms with Crippen molar-refractivity contribution in [1.29, 1.82) is 0 Å². The number of nitrogens with one attached hydrogen (secondary N) is 2. The second-order valence-electron chi connectivity index (χ2n) is 17.2. The molecule has 4 amide bonds. The van der Waals surface area contributed by atoms with E-state index in [1.165, 1.54) is 12.1 Å². The first-order valence-corrected chi connectivity index (χ1v) is 23.6. The van der Waals surface area contributed by atoms with E-state index in [4.69, 9.17) is 0 Å². The highest BCUT2D eigenvalue weighted by Crippen LogP contribution is 2.31. The Labute approximate surface area is 389 Å². The maximum atomic E-state index is 14.2. The summed E-state index contributed by atoms with van der Waals surface area (Å²) in [5, 5.41) is 6.15. The quantitative estimate of drug-likeness (QED) is 0.0852. The predicted molar refractivity (Wildman–Crippen MR) is 260 cm³/mol. The van der Waals surface area contributed by atoms with E-state index in [9.17, 15) is 23.6 Å². The molecule has 2 N–H and O–H groups in total. The summed E-state index contributed by atoms with van der Waals surface area (Å²) in [6.45, 7) is 13.1. The van der Waals surface area contributed by atoms with Gasteiger partial charge in [-0.3, -0.25) is 29.0 Å². The third-order valence-electron chi connectivity index (χ3n) is 13.1. The number of likely N-dealkylation sites (tertiary alicyclic amines) is 2. The number of nitrogens with zero attached hydrogens (tertiary/aromatic N) is 5. The third kappa shape index (κ3) is 11.3. The topological polar surface area (TPSA) is 109 Å². The molecular formula is C54H64FN7O4. The smallest absolute Gasteiger partial charge is 0.247 e. The van der Waals surface area contributed by atoms with Crippen LogP contribution in [0, 0.1) is 5.82 Å². The van der Waals surface area contributed by atoms with Gasteiger partial charge in [0, 0.05) is 43.2 Å². The molecule has 4 atom stereocenters. The van der Waals surface area contributed by atoms with Crippen molar-refractivity contribution in [2.75, 3.05) is 54.8 Å². The first-order valence-electron chi connectivity index (χ1n) is 23.6. The predicted octanol–water partition coefficient (Wildman–Crippen LogP) is 9.06. The van der Waals surface area contributed by atoms with E-state index in [0.717, 1.165) is 40.8 Å². The molecule has 0 aromatic heterocycles. The maximum Gasteiger partial charge on any atom is 0.247 e. The molecule has 2 heterocycles. The Balaban J connectivity index is 0.991. The van der Waals surface area contributed by atoms with Gasteiger partial charge in [-0.05, 0) is 123 Å². The van der Waals surface area contributed by atoms with Gasteiger partial charge in [0.1, 0.15) is 30.0 Å². The van der Waals surface area contributed by atoms with Crippen molar-refractivity contribution in [2.45, 2.75) is 90.6 Å². The fraction of sp³-hybridized carbons (Fsp3) is 0.370. The number of anilines is 3. The Hall–Kier alpha value is -6.37. The van der Waals surface area contributed by atoms with Crippen LogP contribution in [-0.4, -0.2) is 94.6 Å². The summed E-state index contributed by atoms with van der Waals surface area (Å²) in [5.41, 5.74) is 5.93. The number of amides is 4. The lowest BCUT2D eigenvalue weighted by Crippen LogP contribution is -2.48. The maximum absolute atomic E-state index is 14.2. The number of carbonyl (C=O) groups is 4. The highest BCUT2D eigenvalue weighted by atomic mass is 19.1. The number of hydrogen-bond donors (Lipinski definition) is 2. The van der Waals surface area contributed by atoms with Gasteiger partial charge >= 0.3 is 0 Å². The SMILES string of the molecule is CCN(CC)[C@@H](C(=O)N1CCCC1C(=O)Nc1ccc(CN(Cc2ccc(NC(=O)[C@@H]3CCCN3C(=O)[C@@H](c3ccccc3)N(CC)CC)cc2)c2ccc(F)cc2)cc1)c1ccccc1. The van der Waals surface area contributed by atoms with E-state index in [1.54, 1.807) is 21.9 Å². The van der Waals surface area contributed by atoms with Crippen LogP contribution in [0.4, 0.5) is 21.5 Å². The lowest BCUT2D eigenvalue weighted by molar-refractivity contribution is -0.141. The van der Waals surface area contributed by atoms with Crippen LogP contribution < -0.4 is 15.5 Å². The fourth-order valence-electron chi connectivity index (χ4n) is 9.56. The van der Waals surface area contributed by atoms with Crippen molar-refractivity contribution in [1.82, 2.24) is 19.6 Å². The summed E-state index contributed by atoms with van der Waals surface area (Å²) in [6, 6.07) is 39.3. The molecule has 0 aliphatic carbocycles. The van der Waals surface area contributed by atoms with Gasteiger partial charge in [0.25, 0.3) is 0 Å². The minimum Gasteiger partial charge on any atom is -0.363 e. The van der Waals surface area contributed by atoms with E-state index in [0.29, 0.717) is 76.6 Å². The second kappa shape index (κ2) is 22.7. The van der Waals surface area contributed by atoms with E-state index in [2.05, 4.69) is 53.0 Å². The summed E-state index contributed by atoms with van der Waals surface area (Å²) < 4.78 is 14.1. The number of carbonyl (C=O) groups excluding carboxylic acids is 4. The van der Waals surface area contributed by atoms with Crippen LogP contribution in [-0.2, 0) is 32.3 Å². The number of benzene rings is 5. The van der Waals surface area contributed by atoms with E-state index in [1.807, 2.05) is 109 Å². The van der Waals surface area contributed by atoms with Crippen molar-refractivity contribution >= 4 is 40.7 Å². The van der Waals surface area contributed by atoms with Gasteiger partial charge in [0.2, 0.25) is 23.6 Å². The van der Waals surface area contributed by atoms with Crippen LogP contribution >= 0.6 is 0 Å². The first kappa shape index (κ1) is 47.6. The van der Waals surface area contributed by atoms with Crippen molar-refractivity contribution in [3.63, 3.8) is 0 Å². The van der Waals surface area contributed by atoms with Crippen molar-refractivity contribution < 1.29 is 23.6 Å². The molecule has 66 heavy (non-hydrogen) atoms. The molecule has 11 nitrogen and oxygen atoms in total. The van der Waals surface area contributed by atoms with Crippen molar-refractivity contribution in [3.8, 4) is 0 Å². The largest absolute Gasteiger partial charge is 0.363 e. The average Bonchev–Trinajstić information content (AvgIpc) is 4.06. The lowest BCUT2D eigenvalue weighted by atomic mass is 10.0. The van der Waals surface area contributed by atoms with Gasteiger partial charge in [-0.2, -0.15) is 0 Å². The Bertz CT molecular complexity index is 2210. The van der Waals surface area contributed by atoms with Gasteiger partial charge in [-0.25, -0.2) is 4.39 Å².